The second-order valence-corrected chi connectivity index (χ2v) is 5.55. The molecule has 5 heteroatoms. The highest BCUT2D eigenvalue weighted by atomic mass is 35.5. The van der Waals surface area contributed by atoms with Gasteiger partial charge in [-0.15, -0.1) is 0 Å². The number of likely N-dealkylation sites (N-methyl/N-ethyl adjacent to an activating group) is 1. The summed E-state index contributed by atoms with van der Waals surface area (Å²) < 4.78 is 5.44. The van der Waals surface area contributed by atoms with E-state index in [0.717, 1.165) is 5.56 Å². The van der Waals surface area contributed by atoms with Gasteiger partial charge in [0, 0.05) is 7.05 Å². The van der Waals surface area contributed by atoms with E-state index in [1.165, 1.54) is 4.90 Å². The Morgan fingerprint density at radius 2 is 2.11 bits per heavy atom. The van der Waals surface area contributed by atoms with Crippen LogP contribution in [0.4, 0.5) is 0 Å². The molecule has 1 amide bonds. The number of carbonyl (C=O) groups is 1. The topological polar surface area (TPSA) is 49.8 Å². The molecule has 0 radical (unpaired) electrons. The molecule has 0 unspecified atom stereocenters. The van der Waals surface area contributed by atoms with Gasteiger partial charge in [0.15, 0.2) is 6.61 Å². The molecule has 0 aliphatic rings. The summed E-state index contributed by atoms with van der Waals surface area (Å²) >= 11 is 5.99. The smallest absolute Gasteiger partial charge is 0.260 e. The summed E-state index contributed by atoms with van der Waals surface area (Å²) in [5.41, 5.74) is 0.396. The third-order valence-electron chi connectivity index (χ3n) is 3.11. The van der Waals surface area contributed by atoms with Crippen LogP contribution in [-0.4, -0.2) is 41.7 Å². The summed E-state index contributed by atoms with van der Waals surface area (Å²) in [6.07, 6.45) is 0. The normalized spacial score (nSPS) is 11.3. The Morgan fingerprint density at radius 1 is 1.47 bits per heavy atom. The third-order valence-corrected chi connectivity index (χ3v) is 3.42. The van der Waals surface area contributed by atoms with Crippen LogP contribution in [0.1, 0.15) is 19.4 Å². The molecule has 0 spiro atoms. The molecule has 1 N–H and O–H groups in total. The number of aryl methyl sites for hydroxylation is 1. The number of amides is 1. The number of benzene rings is 1. The van der Waals surface area contributed by atoms with Crippen molar-refractivity contribution < 1.29 is 14.6 Å². The minimum atomic E-state index is -0.614. The van der Waals surface area contributed by atoms with Crippen molar-refractivity contribution >= 4 is 17.5 Å². The van der Waals surface area contributed by atoms with Gasteiger partial charge in [0.05, 0.1) is 17.2 Å². The molecular weight excluding hydrogens is 266 g/mol. The van der Waals surface area contributed by atoms with Gasteiger partial charge in [-0.25, -0.2) is 0 Å². The van der Waals surface area contributed by atoms with Crippen molar-refractivity contribution in [1.29, 1.82) is 0 Å². The van der Waals surface area contributed by atoms with Gasteiger partial charge in [-0.3, -0.25) is 4.79 Å². The Morgan fingerprint density at radius 3 is 2.68 bits per heavy atom. The summed E-state index contributed by atoms with van der Waals surface area (Å²) in [5, 5.41) is 9.70. The van der Waals surface area contributed by atoms with Gasteiger partial charge in [0.1, 0.15) is 5.75 Å². The lowest BCUT2D eigenvalue weighted by molar-refractivity contribution is -0.138. The van der Waals surface area contributed by atoms with Crippen LogP contribution in [0.15, 0.2) is 18.2 Å². The summed E-state index contributed by atoms with van der Waals surface area (Å²) in [5.74, 6) is 0.279. The van der Waals surface area contributed by atoms with Gasteiger partial charge in [-0.05, 0) is 38.5 Å². The number of ether oxygens (including phenoxy) is 1. The lowest BCUT2D eigenvalue weighted by Crippen LogP contribution is -2.49. The molecule has 0 aliphatic carbocycles. The molecule has 0 saturated heterocycles. The van der Waals surface area contributed by atoms with Crippen molar-refractivity contribution in [2.45, 2.75) is 26.3 Å². The van der Waals surface area contributed by atoms with Crippen molar-refractivity contribution in [3.05, 3.63) is 28.8 Å². The number of nitrogens with zero attached hydrogens (tertiary/aromatic N) is 1. The van der Waals surface area contributed by atoms with Crippen molar-refractivity contribution in [1.82, 2.24) is 4.90 Å². The first-order chi connectivity index (χ1) is 8.77. The Kier molecular flexibility index (Phi) is 5.20. The summed E-state index contributed by atoms with van der Waals surface area (Å²) in [6.45, 7) is 5.27. The minimum Gasteiger partial charge on any atom is -0.482 e. The summed E-state index contributed by atoms with van der Waals surface area (Å²) in [7, 11) is 1.64. The third kappa shape index (κ3) is 4.11. The van der Waals surface area contributed by atoms with Crippen LogP contribution in [0.2, 0.25) is 5.02 Å². The Bertz CT molecular complexity index is 460. The van der Waals surface area contributed by atoms with E-state index in [1.54, 1.807) is 33.0 Å². The lowest BCUT2D eigenvalue weighted by atomic mass is 10.1. The van der Waals surface area contributed by atoms with E-state index in [4.69, 9.17) is 16.3 Å². The number of rotatable bonds is 5. The maximum absolute atomic E-state index is 12.0. The highest BCUT2D eigenvalue weighted by Gasteiger charge is 2.26. The van der Waals surface area contributed by atoms with E-state index >= 15 is 0 Å². The first kappa shape index (κ1) is 15.8. The second kappa shape index (κ2) is 6.26. The zero-order chi connectivity index (χ0) is 14.6. The lowest BCUT2D eigenvalue weighted by Gasteiger charge is -2.33. The molecule has 1 rings (SSSR count). The van der Waals surface area contributed by atoms with E-state index < -0.39 is 5.54 Å². The van der Waals surface area contributed by atoms with E-state index in [0.29, 0.717) is 10.8 Å². The first-order valence-electron chi connectivity index (χ1n) is 6.04. The molecule has 0 bridgehead atoms. The van der Waals surface area contributed by atoms with E-state index in [-0.39, 0.29) is 19.1 Å². The zero-order valence-electron chi connectivity index (χ0n) is 11.7. The van der Waals surface area contributed by atoms with Gasteiger partial charge < -0.3 is 14.7 Å². The van der Waals surface area contributed by atoms with Gasteiger partial charge in [0.2, 0.25) is 0 Å². The van der Waals surface area contributed by atoms with Gasteiger partial charge >= 0.3 is 0 Å². The fourth-order valence-electron chi connectivity index (χ4n) is 1.40. The van der Waals surface area contributed by atoms with Crippen molar-refractivity contribution in [2.24, 2.45) is 0 Å². The molecule has 0 heterocycles. The molecule has 19 heavy (non-hydrogen) atoms. The molecule has 4 nitrogen and oxygen atoms in total. The molecule has 0 saturated carbocycles. The molecule has 1 aromatic rings. The average Bonchev–Trinajstić information content (AvgIpc) is 2.38. The van der Waals surface area contributed by atoms with Crippen LogP contribution < -0.4 is 4.74 Å². The summed E-state index contributed by atoms with van der Waals surface area (Å²) in [4.78, 5) is 13.4. The first-order valence-corrected chi connectivity index (χ1v) is 6.42. The Hall–Kier alpha value is -1.26. The molecular formula is C14H20ClNO3. The SMILES string of the molecule is Cc1ccc(Cl)c(OCC(=O)N(C)C(C)(C)CO)c1. The number of hydrogen-bond acceptors (Lipinski definition) is 3. The molecule has 0 fully saturated rings. The average molecular weight is 286 g/mol. The maximum Gasteiger partial charge on any atom is 0.260 e. The quantitative estimate of drug-likeness (QED) is 0.903. The van der Waals surface area contributed by atoms with Crippen molar-refractivity contribution in [3.63, 3.8) is 0 Å². The Balaban J connectivity index is 2.67. The molecule has 106 valence electrons. The highest BCUT2D eigenvalue weighted by Crippen LogP contribution is 2.25. The maximum atomic E-state index is 12.0. The van der Waals surface area contributed by atoms with Gasteiger partial charge in [0.25, 0.3) is 5.91 Å². The standard InChI is InChI=1S/C14H20ClNO3/c1-10-5-6-11(15)12(7-10)19-8-13(18)16(4)14(2,3)9-17/h5-7,17H,8-9H2,1-4H3. The number of carbonyl (C=O) groups excluding carboxylic acids is 1. The van der Waals surface area contributed by atoms with E-state index in [2.05, 4.69) is 0 Å². The number of halogens is 1. The second-order valence-electron chi connectivity index (χ2n) is 5.15. The van der Waals surface area contributed by atoms with E-state index in [1.807, 2.05) is 13.0 Å². The van der Waals surface area contributed by atoms with E-state index in [9.17, 15) is 9.90 Å². The highest BCUT2D eigenvalue weighted by molar-refractivity contribution is 6.32. The molecule has 0 aromatic heterocycles. The monoisotopic (exact) mass is 285 g/mol. The van der Waals surface area contributed by atoms with Crippen LogP contribution in [0.25, 0.3) is 0 Å². The molecule has 0 atom stereocenters. The fourth-order valence-corrected chi connectivity index (χ4v) is 1.57. The number of aliphatic hydroxyl groups is 1. The van der Waals surface area contributed by atoms with Crippen LogP contribution in [0, 0.1) is 6.92 Å². The number of aliphatic hydroxyl groups excluding tert-OH is 1. The minimum absolute atomic E-state index is 0.108. The largest absolute Gasteiger partial charge is 0.482 e. The van der Waals surface area contributed by atoms with Crippen molar-refractivity contribution in [2.75, 3.05) is 20.3 Å². The molecule has 0 aliphatic heterocycles. The van der Waals surface area contributed by atoms with Gasteiger partial charge in [-0.1, -0.05) is 17.7 Å². The number of hydrogen-bond donors (Lipinski definition) is 1. The fraction of sp³-hybridized carbons (Fsp3) is 0.500. The van der Waals surface area contributed by atoms with Crippen LogP contribution in [0.3, 0.4) is 0 Å². The summed E-state index contributed by atoms with van der Waals surface area (Å²) in [6, 6.07) is 5.39. The molecule has 1 aromatic carbocycles. The zero-order valence-corrected chi connectivity index (χ0v) is 12.5. The van der Waals surface area contributed by atoms with Gasteiger partial charge in [-0.2, -0.15) is 0 Å². The van der Waals surface area contributed by atoms with Crippen LogP contribution in [0.5, 0.6) is 5.75 Å². The predicted octanol–water partition coefficient (Wildman–Crippen LogP) is 2.26. The van der Waals surface area contributed by atoms with Crippen LogP contribution >= 0.6 is 11.6 Å². The predicted molar refractivity (Wildman–Crippen MR) is 75.6 cm³/mol. The van der Waals surface area contributed by atoms with Crippen molar-refractivity contribution in [3.8, 4) is 5.75 Å². The van der Waals surface area contributed by atoms with Crippen LogP contribution in [-0.2, 0) is 4.79 Å². The Labute approximate surface area is 118 Å².